The Morgan fingerprint density at radius 2 is 2.11 bits per heavy atom. The number of nitrogens with zero attached hydrogens (tertiary/aromatic N) is 2. The second-order valence-corrected chi connectivity index (χ2v) is 5.03. The summed E-state index contributed by atoms with van der Waals surface area (Å²) in [7, 11) is 0. The first kappa shape index (κ1) is 14.5. The minimum atomic E-state index is -0.997. The summed E-state index contributed by atoms with van der Waals surface area (Å²) < 4.78 is 0. The molecule has 5 heteroatoms. The molecule has 1 heterocycles. The fourth-order valence-corrected chi connectivity index (χ4v) is 2.27. The molecule has 102 valence electrons. The average molecular weight is 254 g/mol. The molecule has 2 atom stereocenters. The van der Waals surface area contributed by atoms with Crippen LogP contribution >= 0.6 is 0 Å². The molecule has 0 aromatic carbocycles. The maximum atomic E-state index is 12.3. The molecule has 2 amide bonds. The first-order valence-corrected chi connectivity index (χ1v) is 6.34. The number of hydrogen-bond acceptors (Lipinski definition) is 2. The van der Waals surface area contributed by atoms with Crippen LogP contribution in [0.2, 0.25) is 0 Å². The predicted molar refractivity (Wildman–Crippen MR) is 69.4 cm³/mol. The standard InChI is InChI=1S/C13H22N2O3/c1-4-7-14(9-12(16)17)13(18)15-8-10(2)5-6-11(15)3/h4,10-11H,1,5-9H2,2-3H3,(H,16,17). The van der Waals surface area contributed by atoms with Crippen LogP contribution < -0.4 is 0 Å². The molecule has 1 saturated heterocycles. The molecule has 18 heavy (non-hydrogen) atoms. The zero-order valence-corrected chi connectivity index (χ0v) is 11.1. The van der Waals surface area contributed by atoms with E-state index in [2.05, 4.69) is 13.5 Å². The molecule has 5 nitrogen and oxygen atoms in total. The number of carboxylic acids is 1. The van der Waals surface area contributed by atoms with Crippen LogP contribution in [0, 0.1) is 5.92 Å². The molecule has 1 N–H and O–H groups in total. The van der Waals surface area contributed by atoms with E-state index >= 15 is 0 Å². The second kappa shape index (κ2) is 6.42. The van der Waals surface area contributed by atoms with Crippen molar-refractivity contribution in [3.8, 4) is 0 Å². The summed E-state index contributed by atoms with van der Waals surface area (Å²) >= 11 is 0. The number of urea groups is 1. The van der Waals surface area contributed by atoms with Gasteiger partial charge in [-0.2, -0.15) is 0 Å². The molecule has 0 radical (unpaired) electrons. The monoisotopic (exact) mass is 254 g/mol. The Kier molecular flexibility index (Phi) is 5.19. The Labute approximate surface area is 108 Å². The van der Waals surface area contributed by atoms with Gasteiger partial charge in [0, 0.05) is 19.1 Å². The number of piperidine rings is 1. The highest BCUT2D eigenvalue weighted by Crippen LogP contribution is 2.22. The molecule has 0 bridgehead atoms. The SMILES string of the molecule is C=CCN(CC(=O)O)C(=O)N1CC(C)CCC1C. The predicted octanol–water partition coefficient (Wildman–Crippen LogP) is 1.80. The van der Waals surface area contributed by atoms with E-state index in [0.717, 1.165) is 12.8 Å². The maximum Gasteiger partial charge on any atom is 0.323 e. The summed E-state index contributed by atoms with van der Waals surface area (Å²) in [6.45, 7) is 8.38. The van der Waals surface area contributed by atoms with Gasteiger partial charge in [0.2, 0.25) is 0 Å². The van der Waals surface area contributed by atoms with Gasteiger partial charge in [-0.05, 0) is 25.7 Å². The van der Waals surface area contributed by atoms with Crippen LogP contribution in [0.3, 0.4) is 0 Å². The van der Waals surface area contributed by atoms with Crippen LogP contribution in [0.1, 0.15) is 26.7 Å². The molecule has 0 saturated carbocycles. The fourth-order valence-electron chi connectivity index (χ4n) is 2.27. The Bertz CT molecular complexity index is 330. The third kappa shape index (κ3) is 3.75. The van der Waals surface area contributed by atoms with Crippen molar-refractivity contribution in [1.29, 1.82) is 0 Å². The lowest BCUT2D eigenvalue weighted by atomic mass is 9.95. The zero-order chi connectivity index (χ0) is 13.7. The number of carbonyl (C=O) groups is 2. The van der Waals surface area contributed by atoms with E-state index in [1.165, 1.54) is 4.90 Å². The summed E-state index contributed by atoms with van der Waals surface area (Å²) in [6, 6.07) is -0.0221. The van der Waals surface area contributed by atoms with E-state index in [4.69, 9.17) is 5.11 Å². The molecule has 1 rings (SSSR count). The van der Waals surface area contributed by atoms with Gasteiger partial charge in [-0.3, -0.25) is 4.79 Å². The van der Waals surface area contributed by atoms with Crippen molar-refractivity contribution in [3.05, 3.63) is 12.7 Å². The summed E-state index contributed by atoms with van der Waals surface area (Å²) in [5, 5.41) is 8.83. The van der Waals surface area contributed by atoms with Gasteiger partial charge >= 0.3 is 12.0 Å². The maximum absolute atomic E-state index is 12.3. The van der Waals surface area contributed by atoms with Gasteiger partial charge in [-0.15, -0.1) is 6.58 Å². The van der Waals surface area contributed by atoms with Gasteiger partial charge < -0.3 is 14.9 Å². The van der Waals surface area contributed by atoms with Gasteiger partial charge in [0.1, 0.15) is 6.54 Å². The topological polar surface area (TPSA) is 60.9 Å². The molecule has 1 aliphatic rings. The Morgan fingerprint density at radius 3 is 2.67 bits per heavy atom. The van der Waals surface area contributed by atoms with Gasteiger partial charge in [-0.1, -0.05) is 13.0 Å². The molecule has 2 unspecified atom stereocenters. The van der Waals surface area contributed by atoms with Crippen molar-refractivity contribution in [2.75, 3.05) is 19.6 Å². The van der Waals surface area contributed by atoms with Crippen LogP contribution in [-0.2, 0) is 4.79 Å². The van der Waals surface area contributed by atoms with Gasteiger partial charge in [0.05, 0.1) is 0 Å². The Morgan fingerprint density at radius 1 is 1.44 bits per heavy atom. The number of likely N-dealkylation sites (tertiary alicyclic amines) is 1. The average Bonchev–Trinajstić information content (AvgIpc) is 2.30. The summed E-state index contributed by atoms with van der Waals surface area (Å²) in [6.07, 6.45) is 3.64. The largest absolute Gasteiger partial charge is 0.480 e. The summed E-state index contributed by atoms with van der Waals surface area (Å²) in [5.74, 6) is -0.525. The molecular weight excluding hydrogens is 232 g/mol. The quantitative estimate of drug-likeness (QED) is 0.778. The van der Waals surface area contributed by atoms with E-state index in [-0.39, 0.29) is 25.2 Å². The molecule has 0 aliphatic carbocycles. The molecule has 0 spiro atoms. The lowest BCUT2D eigenvalue weighted by molar-refractivity contribution is -0.137. The highest BCUT2D eigenvalue weighted by atomic mass is 16.4. The Hall–Kier alpha value is -1.52. The van der Waals surface area contributed by atoms with E-state index in [9.17, 15) is 9.59 Å². The van der Waals surface area contributed by atoms with Gasteiger partial charge in [-0.25, -0.2) is 4.79 Å². The van der Waals surface area contributed by atoms with Crippen LogP contribution in [0.4, 0.5) is 4.79 Å². The number of rotatable bonds is 4. The zero-order valence-electron chi connectivity index (χ0n) is 11.1. The normalized spacial score (nSPS) is 23.6. The first-order chi connectivity index (χ1) is 8.45. The lowest BCUT2D eigenvalue weighted by Gasteiger charge is -2.39. The molecule has 0 aromatic rings. The van der Waals surface area contributed by atoms with E-state index < -0.39 is 5.97 Å². The third-order valence-electron chi connectivity index (χ3n) is 3.31. The molecule has 0 aromatic heterocycles. The number of amides is 2. The third-order valence-corrected chi connectivity index (χ3v) is 3.31. The van der Waals surface area contributed by atoms with E-state index in [1.807, 2.05) is 6.92 Å². The van der Waals surface area contributed by atoms with Crippen LogP contribution in [0.15, 0.2) is 12.7 Å². The van der Waals surface area contributed by atoms with Crippen molar-refractivity contribution in [2.45, 2.75) is 32.7 Å². The molecule has 1 aliphatic heterocycles. The smallest absolute Gasteiger partial charge is 0.323 e. The fraction of sp³-hybridized carbons (Fsp3) is 0.692. The highest BCUT2D eigenvalue weighted by molar-refractivity contribution is 5.80. The summed E-state index contributed by atoms with van der Waals surface area (Å²) in [4.78, 5) is 26.2. The number of carbonyl (C=O) groups excluding carboxylic acids is 1. The molecular formula is C13H22N2O3. The molecule has 1 fully saturated rings. The number of hydrogen-bond donors (Lipinski definition) is 1. The second-order valence-electron chi connectivity index (χ2n) is 5.03. The number of carboxylic acid groups (broad SMARTS) is 1. The minimum absolute atomic E-state index is 0.176. The van der Waals surface area contributed by atoms with Crippen LogP contribution in [-0.4, -0.2) is 52.6 Å². The van der Waals surface area contributed by atoms with E-state index in [1.54, 1.807) is 11.0 Å². The van der Waals surface area contributed by atoms with Crippen molar-refractivity contribution in [1.82, 2.24) is 9.80 Å². The first-order valence-electron chi connectivity index (χ1n) is 6.34. The summed E-state index contributed by atoms with van der Waals surface area (Å²) in [5.41, 5.74) is 0. The van der Waals surface area contributed by atoms with Crippen LogP contribution in [0.5, 0.6) is 0 Å². The Balaban J connectivity index is 2.73. The minimum Gasteiger partial charge on any atom is -0.480 e. The van der Waals surface area contributed by atoms with E-state index in [0.29, 0.717) is 12.5 Å². The van der Waals surface area contributed by atoms with Crippen molar-refractivity contribution in [2.24, 2.45) is 5.92 Å². The van der Waals surface area contributed by atoms with Gasteiger partial charge in [0.25, 0.3) is 0 Å². The van der Waals surface area contributed by atoms with Gasteiger partial charge in [0.15, 0.2) is 0 Å². The van der Waals surface area contributed by atoms with Crippen molar-refractivity contribution >= 4 is 12.0 Å². The highest BCUT2D eigenvalue weighted by Gasteiger charge is 2.30. The lowest BCUT2D eigenvalue weighted by Crippen LogP contribution is -2.52. The van der Waals surface area contributed by atoms with Crippen molar-refractivity contribution < 1.29 is 14.7 Å². The van der Waals surface area contributed by atoms with Crippen molar-refractivity contribution in [3.63, 3.8) is 0 Å². The van der Waals surface area contributed by atoms with Crippen LogP contribution in [0.25, 0.3) is 0 Å². The number of aliphatic carboxylic acids is 1.